The first-order valence-electron chi connectivity index (χ1n) is 7.21. The van der Waals surface area contributed by atoms with Gasteiger partial charge in [-0.15, -0.1) is 0 Å². The van der Waals surface area contributed by atoms with Gasteiger partial charge in [0.1, 0.15) is 0 Å². The van der Waals surface area contributed by atoms with Gasteiger partial charge >= 0.3 is 0 Å². The van der Waals surface area contributed by atoms with Crippen molar-refractivity contribution in [3.63, 3.8) is 0 Å². The second-order valence-electron chi connectivity index (χ2n) is 6.20. The maximum Gasteiger partial charge on any atom is 0.225 e. The van der Waals surface area contributed by atoms with E-state index in [4.69, 9.17) is 0 Å². The van der Waals surface area contributed by atoms with Gasteiger partial charge in [-0.2, -0.15) is 0 Å². The number of hydrogen-bond acceptors (Lipinski definition) is 3. The lowest BCUT2D eigenvalue weighted by molar-refractivity contribution is -0.129. The predicted octanol–water partition coefficient (Wildman–Crippen LogP) is 0.378. The molecule has 1 heterocycles. The van der Waals surface area contributed by atoms with Gasteiger partial charge in [0.2, 0.25) is 11.8 Å². The molecule has 0 aromatic heterocycles. The maximum absolute atomic E-state index is 12.0. The summed E-state index contributed by atoms with van der Waals surface area (Å²) in [6.07, 6.45) is 2.21. The summed E-state index contributed by atoms with van der Waals surface area (Å²) in [4.78, 5) is 25.6. The van der Waals surface area contributed by atoms with Crippen LogP contribution < -0.4 is 5.32 Å². The van der Waals surface area contributed by atoms with E-state index >= 15 is 0 Å². The first kappa shape index (κ1) is 14.3. The number of nitrogens with zero attached hydrogens (tertiary/aromatic N) is 1. The number of carbonyl (C=O) groups excluding carboxylic acids is 2. The largest absolute Gasteiger partial charge is 0.391 e. The number of rotatable bonds is 6. The average molecular weight is 268 g/mol. The van der Waals surface area contributed by atoms with Crippen LogP contribution in [0.3, 0.4) is 0 Å². The van der Waals surface area contributed by atoms with Crippen molar-refractivity contribution >= 4 is 11.8 Å². The van der Waals surface area contributed by atoms with Gasteiger partial charge < -0.3 is 15.3 Å². The Kier molecular flexibility index (Phi) is 4.45. The van der Waals surface area contributed by atoms with Crippen molar-refractivity contribution in [2.45, 2.75) is 39.2 Å². The molecule has 1 saturated carbocycles. The van der Waals surface area contributed by atoms with Gasteiger partial charge in [-0.3, -0.25) is 9.59 Å². The number of carbonyl (C=O) groups is 2. The molecule has 2 N–H and O–H groups in total. The van der Waals surface area contributed by atoms with Gasteiger partial charge in [-0.25, -0.2) is 0 Å². The zero-order valence-corrected chi connectivity index (χ0v) is 11.8. The van der Waals surface area contributed by atoms with Crippen LogP contribution in [-0.2, 0) is 9.59 Å². The molecule has 5 nitrogen and oxygen atoms in total. The highest BCUT2D eigenvalue weighted by molar-refractivity contribution is 5.89. The molecular formula is C14H24N2O3. The van der Waals surface area contributed by atoms with Crippen molar-refractivity contribution in [3.8, 4) is 0 Å². The number of aliphatic hydroxyl groups is 1. The first-order chi connectivity index (χ1) is 8.97. The van der Waals surface area contributed by atoms with Gasteiger partial charge in [0, 0.05) is 26.1 Å². The van der Waals surface area contributed by atoms with E-state index in [1.54, 1.807) is 0 Å². The number of amides is 2. The Morgan fingerprint density at radius 2 is 2.16 bits per heavy atom. The molecule has 2 aliphatic rings. The minimum atomic E-state index is -0.524. The molecule has 0 bridgehead atoms. The zero-order chi connectivity index (χ0) is 14.0. The molecule has 0 spiro atoms. The van der Waals surface area contributed by atoms with Gasteiger partial charge in [-0.1, -0.05) is 13.8 Å². The molecule has 2 fully saturated rings. The second-order valence-corrected chi connectivity index (χ2v) is 6.20. The molecule has 19 heavy (non-hydrogen) atoms. The van der Waals surface area contributed by atoms with Crippen LogP contribution >= 0.6 is 0 Å². The van der Waals surface area contributed by atoms with E-state index in [2.05, 4.69) is 5.32 Å². The van der Waals surface area contributed by atoms with Crippen LogP contribution in [0.25, 0.3) is 0 Å². The maximum atomic E-state index is 12.0. The highest BCUT2D eigenvalue weighted by Crippen LogP contribution is 2.31. The lowest BCUT2D eigenvalue weighted by Gasteiger charge is -2.18. The fourth-order valence-electron chi connectivity index (χ4n) is 2.32. The smallest absolute Gasteiger partial charge is 0.225 e. The SMILES string of the molecule is CC(C)C(O)CNC(=O)C1CC(=O)N(CC2CC2)C1. The summed E-state index contributed by atoms with van der Waals surface area (Å²) >= 11 is 0. The lowest BCUT2D eigenvalue weighted by atomic mass is 10.1. The first-order valence-corrected chi connectivity index (χ1v) is 7.21. The standard InChI is InChI=1S/C14H24N2O3/c1-9(2)12(17)6-15-14(19)11-5-13(18)16(8-11)7-10-3-4-10/h9-12,17H,3-8H2,1-2H3,(H,15,19). The third-order valence-corrected chi connectivity index (χ3v) is 4.02. The molecule has 0 aromatic rings. The van der Waals surface area contributed by atoms with Crippen LogP contribution in [0.5, 0.6) is 0 Å². The molecule has 2 amide bonds. The van der Waals surface area contributed by atoms with E-state index in [0.29, 0.717) is 18.9 Å². The van der Waals surface area contributed by atoms with Gasteiger partial charge in [0.25, 0.3) is 0 Å². The quantitative estimate of drug-likeness (QED) is 0.731. The molecule has 1 saturated heterocycles. The highest BCUT2D eigenvalue weighted by atomic mass is 16.3. The van der Waals surface area contributed by atoms with E-state index in [0.717, 1.165) is 6.54 Å². The fraction of sp³-hybridized carbons (Fsp3) is 0.857. The Morgan fingerprint density at radius 3 is 2.74 bits per heavy atom. The zero-order valence-electron chi connectivity index (χ0n) is 11.8. The van der Waals surface area contributed by atoms with Crippen LogP contribution in [0.15, 0.2) is 0 Å². The Morgan fingerprint density at radius 1 is 1.47 bits per heavy atom. The van der Waals surface area contributed by atoms with Gasteiger partial charge in [0.05, 0.1) is 12.0 Å². The number of aliphatic hydroxyl groups excluding tert-OH is 1. The van der Waals surface area contributed by atoms with Gasteiger partial charge in [0.15, 0.2) is 0 Å². The number of likely N-dealkylation sites (tertiary alicyclic amines) is 1. The Hall–Kier alpha value is -1.10. The average Bonchev–Trinajstić information content (AvgIpc) is 3.09. The molecule has 2 rings (SSSR count). The molecule has 1 aliphatic heterocycles. The summed E-state index contributed by atoms with van der Waals surface area (Å²) in [7, 11) is 0. The Balaban J connectivity index is 1.75. The van der Waals surface area contributed by atoms with Crippen molar-refractivity contribution in [3.05, 3.63) is 0 Å². The summed E-state index contributed by atoms with van der Waals surface area (Å²) < 4.78 is 0. The molecule has 0 aromatic carbocycles. The van der Waals surface area contributed by atoms with Crippen molar-refractivity contribution < 1.29 is 14.7 Å². The monoisotopic (exact) mass is 268 g/mol. The van der Waals surface area contributed by atoms with Crippen molar-refractivity contribution in [2.24, 2.45) is 17.8 Å². The fourth-order valence-corrected chi connectivity index (χ4v) is 2.32. The molecule has 0 radical (unpaired) electrons. The van der Waals surface area contributed by atoms with E-state index in [9.17, 15) is 14.7 Å². The second kappa shape index (κ2) is 5.90. The van der Waals surface area contributed by atoms with Crippen LogP contribution in [0.2, 0.25) is 0 Å². The number of nitrogens with one attached hydrogen (secondary N) is 1. The third-order valence-electron chi connectivity index (χ3n) is 4.02. The van der Waals surface area contributed by atoms with E-state index < -0.39 is 6.10 Å². The third kappa shape index (κ3) is 3.93. The molecule has 2 unspecified atom stereocenters. The summed E-state index contributed by atoms with van der Waals surface area (Å²) in [6, 6.07) is 0. The molecule has 5 heteroatoms. The summed E-state index contributed by atoms with van der Waals surface area (Å²) in [6.45, 7) is 5.45. The molecule has 1 aliphatic carbocycles. The minimum absolute atomic E-state index is 0.0939. The van der Waals surface area contributed by atoms with Crippen molar-refractivity contribution in [2.75, 3.05) is 19.6 Å². The normalized spacial score (nSPS) is 24.9. The van der Waals surface area contributed by atoms with Gasteiger partial charge in [-0.05, 0) is 24.7 Å². The Bertz CT molecular complexity index is 353. The van der Waals surface area contributed by atoms with Crippen molar-refractivity contribution in [1.82, 2.24) is 10.2 Å². The minimum Gasteiger partial charge on any atom is -0.391 e. The highest BCUT2D eigenvalue weighted by Gasteiger charge is 2.37. The Labute approximate surface area is 114 Å². The van der Waals surface area contributed by atoms with E-state index in [1.165, 1.54) is 12.8 Å². The molecule has 2 atom stereocenters. The molecular weight excluding hydrogens is 244 g/mol. The van der Waals surface area contributed by atoms with Crippen LogP contribution in [-0.4, -0.2) is 47.6 Å². The topological polar surface area (TPSA) is 69.6 Å². The van der Waals surface area contributed by atoms with Crippen LogP contribution in [0, 0.1) is 17.8 Å². The lowest BCUT2D eigenvalue weighted by Crippen LogP contribution is -2.39. The van der Waals surface area contributed by atoms with Crippen molar-refractivity contribution in [1.29, 1.82) is 0 Å². The number of hydrogen-bond donors (Lipinski definition) is 2. The van der Waals surface area contributed by atoms with E-state index in [-0.39, 0.29) is 30.2 Å². The van der Waals surface area contributed by atoms with Crippen LogP contribution in [0.1, 0.15) is 33.1 Å². The summed E-state index contributed by atoms with van der Waals surface area (Å²) in [5.41, 5.74) is 0. The predicted molar refractivity (Wildman–Crippen MR) is 71.3 cm³/mol. The summed E-state index contributed by atoms with van der Waals surface area (Å²) in [5.74, 6) is 0.527. The van der Waals surface area contributed by atoms with E-state index in [1.807, 2.05) is 18.7 Å². The molecule has 108 valence electrons. The summed E-state index contributed by atoms with van der Waals surface area (Å²) in [5, 5.41) is 12.4. The van der Waals surface area contributed by atoms with Crippen LogP contribution in [0.4, 0.5) is 0 Å².